The molecule has 3 N–H and O–H groups in total. The highest BCUT2D eigenvalue weighted by atomic mass is 35.5. The molecule has 0 aliphatic heterocycles. The van der Waals surface area contributed by atoms with Gasteiger partial charge in [0.05, 0.1) is 14.2 Å². The topological polar surface area (TPSA) is 71.0 Å². The third kappa shape index (κ3) is 5.23. The van der Waals surface area contributed by atoms with Crippen molar-refractivity contribution in [3.8, 4) is 23.0 Å². The molecule has 0 saturated heterocycles. The van der Waals surface area contributed by atoms with Gasteiger partial charge in [0.25, 0.3) is 0 Å². The van der Waals surface area contributed by atoms with Gasteiger partial charge in [0.1, 0.15) is 0 Å². The fraction of sp³-hybridized carbons (Fsp3) is 0.294. The second-order valence-corrected chi connectivity index (χ2v) is 4.94. The first kappa shape index (κ1) is 18.9. The second-order valence-electron chi connectivity index (χ2n) is 4.94. The van der Waals surface area contributed by atoms with E-state index in [0.29, 0.717) is 18.0 Å². The fourth-order valence-electron chi connectivity index (χ4n) is 2.19. The average molecular weight is 340 g/mol. The highest BCUT2D eigenvalue weighted by Gasteiger charge is 2.04. The van der Waals surface area contributed by atoms with Crippen molar-refractivity contribution in [2.75, 3.05) is 20.8 Å². The third-order valence-electron chi connectivity index (χ3n) is 3.41. The highest BCUT2D eigenvalue weighted by molar-refractivity contribution is 5.85. The van der Waals surface area contributed by atoms with Crippen LogP contribution in [0, 0.1) is 0 Å². The number of methoxy groups -OCH3 is 2. The predicted molar refractivity (Wildman–Crippen MR) is 92.0 cm³/mol. The molecule has 0 saturated carbocycles. The summed E-state index contributed by atoms with van der Waals surface area (Å²) in [6, 6.07) is 10.7. The lowest BCUT2D eigenvalue weighted by molar-refractivity contribution is 0.372. The molecule has 0 unspecified atom stereocenters. The number of hydrogen-bond donors (Lipinski definition) is 3. The standard InChI is InChI=1S/C17H21NO4.ClH/c1-21-16-6-4-13(9-15(16)20)11-18-8-7-12-3-5-14(19)17(10-12)22-2;/h3-6,9-10,18-20H,7-8,11H2,1-2H3;1H. The zero-order chi connectivity index (χ0) is 15.9. The molecule has 0 radical (unpaired) electrons. The van der Waals surface area contributed by atoms with Crippen molar-refractivity contribution < 1.29 is 19.7 Å². The molecule has 5 nitrogen and oxygen atoms in total. The molecule has 2 rings (SSSR count). The van der Waals surface area contributed by atoms with Crippen molar-refractivity contribution in [3.05, 3.63) is 47.5 Å². The van der Waals surface area contributed by atoms with Gasteiger partial charge in [-0.1, -0.05) is 12.1 Å². The first-order valence-electron chi connectivity index (χ1n) is 7.06. The van der Waals surface area contributed by atoms with Gasteiger partial charge in [0.2, 0.25) is 0 Å². The first-order valence-corrected chi connectivity index (χ1v) is 7.06. The smallest absolute Gasteiger partial charge is 0.160 e. The summed E-state index contributed by atoms with van der Waals surface area (Å²) in [5.74, 6) is 1.25. The normalized spacial score (nSPS) is 10.0. The Kier molecular flexibility index (Phi) is 7.51. The van der Waals surface area contributed by atoms with E-state index in [9.17, 15) is 10.2 Å². The summed E-state index contributed by atoms with van der Waals surface area (Å²) < 4.78 is 10.1. The molecule has 0 aliphatic rings. The van der Waals surface area contributed by atoms with Crippen LogP contribution in [0.2, 0.25) is 0 Å². The van der Waals surface area contributed by atoms with Crippen molar-refractivity contribution in [2.24, 2.45) is 0 Å². The van der Waals surface area contributed by atoms with E-state index in [1.54, 1.807) is 18.2 Å². The third-order valence-corrected chi connectivity index (χ3v) is 3.41. The zero-order valence-corrected chi connectivity index (χ0v) is 14.0. The van der Waals surface area contributed by atoms with Gasteiger partial charge in [-0.15, -0.1) is 12.4 Å². The van der Waals surface area contributed by atoms with Gasteiger partial charge in [0.15, 0.2) is 23.0 Å². The van der Waals surface area contributed by atoms with E-state index in [1.165, 1.54) is 14.2 Å². The summed E-state index contributed by atoms with van der Waals surface area (Å²) in [6.45, 7) is 1.44. The Bertz CT molecular complexity index is 634. The number of aromatic hydroxyl groups is 2. The molecule has 2 aromatic carbocycles. The van der Waals surface area contributed by atoms with Crippen molar-refractivity contribution in [1.29, 1.82) is 0 Å². The van der Waals surface area contributed by atoms with Crippen LogP contribution >= 0.6 is 12.4 Å². The van der Waals surface area contributed by atoms with Crippen LogP contribution < -0.4 is 14.8 Å². The lowest BCUT2D eigenvalue weighted by Crippen LogP contribution is -2.16. The Morgan fingerprint density at radius 2 is 1.57 bits per heavy atom. The highest BCUT2D eigenvalue weighted by Crippen LogP contribution is 2.27. The van der Waals surface area contributed by atoms with Crippen LogP contribution in [0.5, 0.6) is 23.0 Å². The number of rotatable bonds is 7. The summed E-state index contributed by atoms with van der Waals surface area (Å²) in [5, 5.41) is 22.6. The van der Waals surface area contributed by atoms with Gasteiger partial charge in [0, 0.05) is 6.54 Å². The second kappa shape index (κ2) is 9.12. The van der Waals surface area contributed by atoms with Crippen LogP contribution in [0.25, 0.3) is 0 Å². The van der Waals surface area contributed by atoms with Crippen LogP contribution in [0.4, 0.5) is 0 Å². The van der Waals surface area contributed by atoms with Crippen LogP contribution in [0.15, 0.2) is 36.4 Å². The van der Waals surface area contributed by atoms with Crippen molar-refractivity contribution >= 4 is 12.4 Å². The van der Waals surface area contributed by atoms with Crippen LogP contribution in [-0.4, -0.2) is 31.0 Å². The van der Waals surface area contributed by atoms with Gasteiger partial charge < -0.3 is 25.0 Å². The van der Waals surface area contributed by atoms with Crippen molar-refractivity contribution in [3.63, 3.8) is 0 Å². The molecule has 0 amide bonds. The van der Waals surface area contributed by atoms with Crippen LogP contribution in [0.3, 0.4) is 0 Å². The number of halogens is 1. The van der Waals surface area contributed by atoms with E-state index in [2.05, 4.69) is 5.32 Å². The average Bonchev–Trinajstić information content (AvgIpc) is 2.53. The molecule has 0 fully saturated rings. The fourth-order valence-corrected chi connectivity index (χ4v) is 2.19. The molecule has 0 aromatic heterocycles. The Morgan fingerprint density at radius 1 is 0.870 bits per heavy atom. The largest absolute Gasteiger partial charge is 0.504 e. The molecular weight excluding hydrogens is 318 g/mol. The minimum Gasteiger partial charge on any atom is -0.504 e. The Balaban J connectivity index is 0.00000264. The number of nitrogens with one attached hydrogen (secondary N) is 1. The maximum absolute atomic E-state index is 9.72. The molecule has 0 spiro atoms. The number of phenolic OH excluding ortho intramolecular Hbond substituents is 2. The minimum atomic E-state index is 0. The van der Waals surface area contributed by atoms with E-state index in [1.807, 2.05) is 18.2 Å². The van der Waals surface area contributed by atoms with Gasteiger partial charge in [-0.25, -0.2) is 0 Å². The molecule has 2 aromatic rings. The van der Waals surface area contributed by atoms with Gasteiger partial charge >= 0.3 is 0 Å². The monoisotopic (exact) mass is 339 g/mol. The van der Waals surface area contributed by atoms with Crippen molar-refractivity contribution in [2.45, 2.75) is 13.0 Å². The van der Waals surface area contributed by atoms with E-state index in [4.69, 9.17) is 9.47 Å². The molecule has 0 heterocycles. The van der Waals surface area contributed by atoms with Crippen LogP contribution in [-0.2, 0) is 13.0 Å². The summed E-state index contributed by atoms with van der Waals surface area (Å²) in [5.41, 5.74) is 2.07. The maximum atomic E-state index is 9.72. The van der Waals surface area contributed by atoms with Gasteiger partial charge in [-0.3, -0.25) is 0 Å². The zero-order valence-electron chi connectivity index (χ0n) is 13.2. The lowest BCUT2D eigenvalue weighted by atomic mass is 10.1. The molecule has 0 bridgehead atoms. The summed E-state index contributed by atoms with van der Waals surface area (Å²) >= 11 is 0. The van der Waals surface area contributed by atoms with E-state index < -0.39 is 0 Å². The van der Waals surface area contributed by atoms with E-state index >= 15 is 0 Å². The number of ether oxygens (including phenoxy) is 2. The molecule has 126 valence electrons. The molecular formula is C17H22ClNO4. The summed E-state index contributed by atoms with van der Waals surface area (Å²) in [6.07, 6.45) is 0.818. The molecule has 6 heteroatoms. The summed E-state index contributed by atoms with van der Waals surface area (Å²) in [7, 11) is 3.06. The number of benzene rings is 2. The Labute approximate surface area is 142 Å². The SMILES string of the molecule is COc1ccc(CNCCc2ccc(O)c(OC)c2)cc1O.Cl. The number of phenols is 2. The first-order chi connectivity index (χ1) is 10.6. The van der Waals surface area contributed by atoms with E-state index in [-0.39, 0.29) is 23.9 Å². The summed E-state index contributed by atoms with van der Waals surface area (Å²) in [4.78, 5) is 0. The predicted octanol–water partition coefficient (Wildman–Crippen LogP) is 2.87. The van der Waals surface area contributed by atoms with Gasteiger partial charge in [-0.2, -0.15) is 0 Å². The Morgan fingerprint density at radius 3 is 2.22 bits per heavy atom. The van der Waals surface area contributed by atoms with Crippen LogP contribution in [0.1, 0.15) is 11.1 Å². The number of hydrogen-bond acceptors (Lipinski definition) is 5. The maximum Gasteiger partial charge on any atom is 0.160 e. The molecule has 0 atom stereocenters. The quantitative estimate of drug-likeness (QED) is 0.677. The van der Waals surface area contributed by atoms with Crippen molar-refractivity contribution in [1.82, 2.24) is 5.32 Å². The lowest BCUT2D eigenvalue weighted by Gasteiger charge is -2.09. The van der Waals surface area contributed by atoms with E-state index in [0.717, 1.165) is 24.1 Å². The minimum absolute atomic E-state index is 0. The van der Waals surface area contributed by atoms with Gasteiger partial charge in [-0.05, 0) is 48.4 Å². The molecule has 23 heavy (non-hydrogen) atoms. The molecule has 0 aliphatic carbocycles. The Hall–Kier alpha value is -2.11.